The number of piperidine rings is 3. The Morgan fingerprint density at radius 1 is 0.344 bits per heavy atom. The Morgan fingerprint density at radius 2 is 0.590 bits per heavy atom. The molecule has 28 heteroatoms. The maximum absolute atomic E-state index is 14.0. The zero-order valence-corrected chi connectivity index (χ0v) is 76.7. The molecule has 12 heterocycles. The number of amides is 4. The predicted molar refractivity (Wildman–Crippen MR) is 472 cm³/mol. The summed E-state index contributed by atoms with van der Waals surface area (Å²) in [5.74, 6) is 0.661. The summed E-state index contributed by atoms with van der Waals surface area (Å²) in [6.07, 6.45) is 33.0. The first kappa shape index (κ1) is 92.8. The molecule has 660 valence electrons. The third-order valence-electron chi connectivity index (χ3n) is 28.5. The Morgan fingerprint density at radius 3 is 0.877 bits per heavy atom. The molecule has 3 aromatic heterocycles. The molecule has 18 rings (SSSR count). The first-order valence-corrected chi connectivity index (χ1v) is 46.4. The minimum Gasteiger partial charge on any atom is -0.543 e. The number of hydrogen-bond donors (Lipinski definition) is 2. The van der Waals surface area contributed by atoms with Crippen LogP contribution in [0.1, 0.15) is 264 Å². The molecule has 6 atom stereocenters. The molecule has 0 bridgehead atoms. The molecule has 3 saturated carbocycles. The van der Waals surface area contributed by atoms with Gasteiger partial charge in [-0.3, -0.25) is 24.0 Å². The standard InChI is InChI=1S/C33H47N5O4.C28H39N5O2.C22H29N3O3.C11H20N2O2.ClH.Na/c1-33(2,3)42-32(41)37-21-23-19-36(20-24(23)22-37)30(39)29-31(40)38(28-14-10-9-13-27(28)34-29)26-15-17-35(18-16-26)25-11-7-5-4-6-8-12-25;34-27(32-18-20-16-29-17-21(20)19-32)26-28(35)33(25-11-7-6-10-24(25)30-26)23-12-14-31(15-13-23)22-8-4-2-1-3-5-9-22;26-21-20(22(27)28)23-18-10-6-7-11-19(18)25(21)17-12-14-24(15-13-17)16-8-4-2-1-3-5-9-16;1-11(2,3)15-10(14)13-6-8-4-12-5-9(8)7-13;;/h9-10,13-14,23-26H,4-8,11-12,15-22H2,1-3H3;6-7,10-11,20-23,29H,1-5,8-9,12-19H2;6-7,10-11,16-17H,1-5,8-9,12-15H2,(H,27,28);8-9,12H,4-7H2,1-3H3;1H;/q;;;;;+1/p-1. The number of nitrogens with zero attached hydrogens (tertiary/aromatic N) is 13. The van der Waals surface area contributed by atoms with Crippen molar-refractivity contribution in [3.05, 3.63) is 121 Å². The fraction of sp³-hybridized carbons (Fsp3) is 0.691. The van der Waals surface area contributed by atoms with E-state index in [1.54, 1.807) is 26.5 Å². The number of para-hydroxylation sites is 6. The number of likely N-dealkylation sites (tertiary alicyclic amines) is 7. The van der Waals surface area contributed by atoms with Gasteiger partial charge in [-0.1, -0.05) is 133 Å². The van der Waals surface area contributed by atoms with Gasteiger partial charge in [0.15, 0.2) is 17.1 Å². The van der Waals surface area contributed by atoms with Crippen molar-refractivity contribution in [2.24, 2.45) is 35.5 Å². The molecule has 3 aliphatic carbocycles. The van der Waals surface area contributed by atoms with Crippen molar-refractivity contribution in [2.45, 2.75) is 262 Å². The van der Waals surface area contributed by atoms with Gasteiger partial charge in [0.05, 0.1) is 39.1 Å². The van der Waals surface area contributed by atoms with E-state index in [2.05, 4.69) is 40.3 Å². The van der Waals surface area contributed by atoms with E-state index in [4.69, 9.17) is 9.47 Å². The van der Waals surface area contributed by atoms with Crippen molar-refractivity contribution in [2.75, 3.05) is 118 Å². The van der Waals surface area contributed by atoms with Crippen LogP contribution in [0.2, 0.25) is 0 Å². The number of fused-ring (bicyclic) bond motifs is 6. The first-order chi connectivity index (χ1) is 58.0. The largest absolute Gasteiger partial charge is 1.00 e. The van der Waals surface area contributed by atoms with Gasteiger partial charge in [-0.05, 0) is 179 Å². The summed E-state index contributed by atoms with van der Waals surface area (Å²) in [5.41, 5.74) is 2.09. The number of aromatic carboxylic acids is 1. The number of hydrogen-bond acceptors (Lipinski definition) is 19. The van der Waals surface area contributed by atoms with Crippen LogP contribution in [0.25, 0.3) is 33.1 Å². The maximum Gasteiger partial charge on any atom is 1.00 e. The second-order valence-electron chi connectivity index (χ2n) is 39.0. The van der Waals surface area contributed by atoms with Crippen LogP contribution in [0.15, 0.2) is 87.2 Å². The van der Waals surface area contributed by atoms with Gasteiger partial charge in [0.25, 0.3) is 28.5 Å². The second kappa shape index (κ2) is 42.2. The van der Waals surface area contributed by atoms with Gasteiger partial charge in [-0.2, -0.15) is 0 Å². The molecule has 12 fully saturated rings. The fourth-order valence-corrected chi connectivity index (χ4v) is 22.2. The zero-order valence-electron chi connectivity index (χ0n) is 73.9. The van der Waals surface area contributed by atoms with E-state index in [0.29, 0.717) is 84.5 Å². The summed E-state index contributed by atoms with van der Waals surface area (Å²) in [6, 6.07) is 25.1. The van der Waals surface area contributed by atoms with Crippen molar-refractivity contribution in [3.8, 4) is 0 Å². The van der Waals surface area contributed by atoms with Crippen molar-refractivity contribution >= 4 is 75.5 Å². The zero-order chi connectivity index (χ0) is 83.8. The smallest absolute Gasteiger partial charge is 0.543 e. The number of rotatable bonds is 9. The maximum atomic E-state index is 14.0. The number of carbonyl (C=O) groups is 5. The first-order valence-electron chi connectivity index (χ1n) is 46.4. The van der Waals surface area contributed by atoms with Crippen LogP contribution in [0.5, 0.6) is 0 Å². The van der Waals surface area contributed by atoms with Crippen molar-refractivity contribution in [1.29, 1.82) is 0 Å². The number of benzene rings is 3. The molecule has 9 aliphatic heterocycles. The quantitative estimate of drug-likeness (QED) is 0.127. The van der Waals surface area contributed by atoms with E-state index in [9.17, 15) is 43.5 Å². The van der Waals surface area contributed by atoms with Crippen molar-refractivity contribution in [1.82, 2.24) is 73.6 Å². The number of carboxylic acid groups (broad SMARTS) is 1. The van der Waals surface area contributed by atoms with Gasteiger partial charge in [-0.15, -0.1) is 12.4 Å². The Balaban J connectivity index is 0.000000146. The molecular formula is C94H135ClN15NaO11. The topological polar surface area (TPSA) is 278 Å². The monoisotopic (exact) mass is 1710 g/mol. The van der Waals surface area contributed by atoms with Crippen LogP contribution in [-0.4, -0.2) is 240 Å². The minimum atomic E-state index is -1.50. The number of carbonyl (C=O) groups excluding carboxylic acids is 5. The molecule has 3 aromatic carbocycles. The van der Waals surface area contributed by atoms with Crippen LogP contribution >= 0.6 is 12.4 Å². The Kier molecular flexibility index (Phi) is 32.1. The average molecular weight is 1710 g/mol. The number of halogens is 1. The molecular weight excluding hydrogens is 1570 g/mol. The molecule has 4 amide bonds. The summed E-state index contributed by atoms with van der Waals surface area (Å²) in [4.78, 5) is 132. The van der Waals surface area contributed by atoms with Gasteiger partial charge in [-0.25, -0.2) is 24.5 Å². The van der Waals surface area contributed by atoms with Crippen LogP contribution < -0.4 is 62.0 Å². The molecule has 0 radical (unpaired) electrons. The molecule has 122 heavy (non-hydrogen) atoms. The summed E-state index contributed by atoms with van der Waals surface area (Å²) >= 11 is 0. The minimum absolute atomic E-state index is 0. The molecule has 6 unspecified atom stereocenters. The van der Waals surface area contributed by atoms with Crippen molar-refractivity contribution in [3.63, 3.8) is 0 Å². The Labute approximate surface area is 748 Å². The van der Waals surface area contributed by atoms with Gasteiger partial charge in [0.2, 0.25) is 0 Å². The Hall–Kier alpha value is -6.88. The predicted octanol–water partition coefficient (Wildman–Crippen LogP) is 9.53. The van der Waals surface area contributed by atoms with Crippen LogP contribution in [-0.2, 0) is 9.47 Å². The van der Waals surface area contributed by atoms with Crippen LogP contribution in [0, 0.1) is 35.5 Å². The number of nitrogens with one attached hydrogen (secondary N) is 2. The van der Waals surface area contributed by atoms with E-state index in [0.717, 1.165) is 147 Å². The normalized spacial score (nSPS) is 24.9. The van der Waals surface area contributed by atoms with Gasteiger partial charge in [0.1, 0.15) is 11.2 Å². The van der Waals surface area contributed by atoms with Gasteiger partial charge >= 0.3 is 41.7 Å². The molecule has 12 aliphatic rings. The van der Waals surface area contributed by atoms with E-state index >= 15 is 0 Å². The van der Waals surface area contributed by atoms with E-state index in [1.165, 1.54) is 135 Å². The summed E-state index contributed by atoms with van der Waals surface area (Å²) in [7, 11) is 0. The summed E-state index contributed by atoms with van der Waals surface area (Å²) in [6.45, 7) is 26.6. The number of aromatic nitrogens is 6. The van der Waals surface area contributed by atoms with E-state index in [1.807, 2.05) is 121 Å². The average Bonchev–Trinajstić information content (AvgIpc) is 1.61. The van der Waals surface area contributed by atoms with E-state index < -0.39 is 22.8 Å². The second-order valence-corrected chi connectivity index (χ2v) is 39.0. The summed E-state index contributed by atoms with van der Waals surface area (Å²) in [5, 5.41) is 18.2. The third-order valence-corrected chi connectivity index (χ3v) is 28.5. The van der Waals surface area contributed by atoms with Gasteiger partial charge in [0, 0.05) is 166 Å². The van der Waals surface area contributed by atoms with Gasteiger partial charge < -0.3 is 78.0 Å². The Bertz CT molecular complexity index is 4690. The molecule has 2 N–H and O–H groups in total. The molecule has 6 aromatic rings. The third kappa shape index (κ3) is 22.4. The molecule has 26 nitrogen and oxygen atoms in total. The summed E-state index contributed by atoms with van der Waals surface area (Å²) < 4.78 is 16.4. The fourth-order valence-electron chi connectivity index (χ4n) is 22.2. The SMILES string of the molecule is CC(C)(C)OC(=O)N1CC2CN(C(=O)c3nc4ccccc4n(C4CCN(C5CCCCCCC5)CC4)c3=O)CC2C1.CC(C)(C)OC(=O)N1CC2CNCC2C1.Cl.O=C([O-])c1nc2ccccc2n(C2CCN(C3CCCCCCC3)CC2)c1=O.O=C(c1nc2ccccc2n(C2CCN(C3CCCCCCC3)CC2)c1=O)N1CC2CNCC2C1.[Na+]. The van der Waals surface area contributed by atoms with E-state index in [-0.39, 0.29) is 124 Å². The number of carboxylic acids is 1. The molecule has 0 spiro atoms. The molecule has 9 saturated heterocycles. The van der Waals surface area contributed by atoms with Crippen LogP contribution in [0.4, 0.5) is 9.59 Å². The van der Waals surface area contributed by atoms with Crippen molar-refractivity contribution < 1.29 is 68.1 Å². The number of ether oxygens (including phenoxy) is 2. The van der Waals surface area contributed by atoms with Crippen LogP contribution in [0.3, 0.4) is 0 Å².